The first-order valence-electron chi connectivity index (χ1n) is 5.74. The summed E-state index contributed by atoms with van der Waals surface area (Å²) in [4.78, 5) is 8.40. The summed E-state index contributed by atoms with van der Waals surface area (Å²) >= 11 is 5.92. The fourth-order valence-corrected chi connectivity index (χ4v) is 1.55. The second-order valence-electron chi connectivity index (χ2n) is 3.68. The van der Waals surface area contributed by atoms with E-state index in [1.807, 2.05) is 6.92 Å². The monoisotopic (exact) mass is 242 g/mol. The molecule has 4 nitrogen and oxygen atoms in total. The maximum absolute atomic E-state index is 5.92. The topological polar surface area (TPSA) is 63.8 Å². The van der Waals surface area contributed by atoms with Crippen molar-refractivity contribution in [3.63, 3.8) is 0 Å². The van der Waals surface area contributed by atoms with E-state index in [1.165, 1.54) is 12.8 Å². The van der Waals surface area contributed by atoms with Crippen molar-refractivity contribution in [3.05, 3.63) is 11.0 Å². The van der Waals surface area contributed by atoms with Crippen molar-refractivity contribution in [2.75, 3.05) is 17.6 Å². The SMILES string of the molecule is CCCCCNc1nc(CC)nc(Cl)c1N. The van der Waals surface area contributed by atoms with Gasteiger partial charge in [-0.3, -0.25) is 0 Å². The molecule has 0 aliphatic carbocycles. The lowest BCUT2D eigenvalue weighted by molar-refractivity contribution is 0.741. The molecule has 0 radical (unpaired) electrons. The molecule has 1 aromatic rings. The van der Waals surface area contributed by atoms with Crippen molar-refractivity contribution < 1.29 is 0 Å². The highest BCUT2D eigenvalue weighted by Gasteiger charge is 2.08. The van der Waals surface area contributed by atoms with Gasteiger partial charge in [-0.25, -0.2) is 9.97 Å². The van der Waals surface area contributed by atoms with Gasteiger partial charge in [0, 0.05) is 13.0 Å². The number of rotatable bonds is 6. The zero-order chi connectivity index (χ0) is 12.0. The quantitative estimate of drug-likeness (QED) is 0.595. The third-order valence-corrected chi connectivity index (χ3v) is 2.62. The van der Waals surface area contributed by atoms with Crippen molar-refractivity contribution in [2.24, 2.45) is 0 Å². The van der Waals surface area contributed by atoms with Crippen LogP contribution in [0.4, 0.5) is 11.5 Å². The van der Waals surface area contributed by atoms with Crippen LogP contribution in [0.25, 0.3) is 0 Å². The molecule has 1 aromatic heterocycles. The van der Waals surface area contributed by atoms with Crippen LogP contribution in [0.5, 0.6) is 0 Å². The lowest BCUT2D eigenvalue weighted by Gasteiger charge is -2.10. The molecule has 3 N–H and O–H groups in total. The summed E-state index contributed by atoms with van der Waals surface area (Å²) in [6.07, 6.45) is 4.26. The molecule has 0 unspecified atom stereocenters. The predicted octanol–water partition coefficient (Wildman–Crippen LogP) is 2.88. The van der Waals surface area contributed by atoms with E-state index in [0.717, 1.165) is 25.2 Å². The predicted molar refractivity (Wildman–Crippen MR) is 68.8 cm³/mol. The number of nitrogens with one attached hydrogen (secondary N) is 1. The lowest BCUT2D eigenvalue weighted by Crippen LogP contribution is -2.09. The molecular formula is C11H19ClN4. The fourth-order valence-electron chi connectivity index (χ4n) is 1.36. The van der Waals surface area contributed by atoms with Crippen LogP contribution in [-0.2, 0) is 6.42 Å². The van der Waals surface area contributed by atoms with Gasteiger partial charge in [0.2, 0.25) is 0 Å². The standard InChI is InChI=1S/C11H19ClN4/c1-3-5-6-7-14-11-9(13)10(12)15-8(4-2)16-11/h3-7,13H2,1-2H3,(H,14,15,16). The molecule has 0 saturated carbocycles. The Balaban J connectivity index is 2.66. The van der Waals surface area contributed by atoms with Crippen molar-refractivity contribution >= 4 is 23.1 Å². The smallest absolute Gasteiger partial charge is 0.157 e. The summed E-state index contributed by atoms with van der Waals surface area (Å²) < 4.78 is 0. The second-order valence-corrected chi connectivity index (χ2v) is 4.04. The molecule has 16 heavy (non-hydrogen) atoms. The van der Waals surface area contributed by atoms with Crippen LogP contribution < -0.4 is 11.1 Å². The Morgan fingerprint density at radius 3 is 2.62 bits per heavy atom. The molecule has 0 bridgehead atoms. The number of aromatic nitrogens is 2. The number of hydrogen-bond acceptors (Lipinski definition) is 4. The first kappa shape index (κ1) is 13.0. The average molecular weight is 243 g/mol. The van der Waals surface area contributed by atoms with E-state index in [9.17, 15) is 0 Å². The third-order valence-electron chi connectivity index (χ3n) is 2.33. The Morgan fingerprint density at radius 1 is 1.25 bits per heavy atom. The van der Waals surface area contributed by atoms with Gasteiger partial charge in [-0.1, -0.05) is 38.3 Å². The lowest BCUT2D eigenvalue weighted by atomic mass is 10.2. The number of nitrogens with two attached hydrogens (primary N) is 1. The molecule has 0 amide bonds. The molecule has 0 fully saturated rings. The van der Waals surface area contributed by atoms with Crippen LogP contribution in [0.1, 0.15) is 38.9 Å². The molecule has 0 aliphatic heterocycles. The van der Waals surface area contributed by atoms with Crippen LogP contribution in [0.2, 0.25) is 5.15 Å². The van der Waals surface area contributed by atoms with Crippen molar-refractivity contribution in [3.8, 4) is 0 Å². The van der Waals surface area contributed by atoms with Gasteiger partial charge in [0.25, 0.3) is 0 Å². The van der Waals surface area contributed by atoms with Gasteiger partial charge in [-0.2, -0.15) is 0 Å². The van der Waals surface area contributed by atoms with E-state index in [1.54, 1.807) is 0 Å². The number of unbranched alkanes of at least 4 members (excludes halogenated alkanes) is 2. The number of halogens is 1. The normalized spacial score (nSPS) is 10.4. The van der Waals surface area contributed by atoms with E-state index in [4.69, 9.17) is 17.3 Å². The largest absolute Gasteiger partial charge is 0.393 e. The number of anilines is 2. The number of nitrogen functional groups attached to an aromatic ring is 1. The van der Waals surface area contributed by atoms with Gasteiger partial charge in [0.05, 0.1) is 0 Å². The molecule has 1 heterocycles. The molecule has 0 aromatic carbocycles. The second kappa shape index (κ2) is 6.53. The maximum atomic E-state index is 5.92. The first-order chi connectivity index (χ1) is 7.69. The van der Waals surface area contributed by atoms with E-state index >= 15 is 0 Å². The maximum Gasteiger partial charge on any atom is 0.157 e. The van der Waals surface area contributed by atoms with Gasteiger partial charge >= 0.3 is 0 Å². The summed E-state index contributed by atoms with van der Waals surface area (Å²) in [6, 6.07) is 0. The Kier molecular flexibility index (Phi) is 5.32. The van der Waals surface area contributed by atoms with E-state index in [0.29, 0.717) is 16.7 Å². The first-order valence-corrected chi connectivity index (χ1v) is 6.12. The fraction of sp³-hybridized carbons (Fsp3) is 0.636. The summed E-state index contributed by atoms with van der Waals surface area (Å²) in [5, 5.41) is 3.54. The Labute approximate surface area is 102 Å². The molecule has 0 atom stereocenters. The summed E-state index contributed by atoms with van der Waals surface area (Å²) in [7, 11) is 0. The Morgan fingerprint density at radius 2 is 2.00 bits per heavy atom. The minimum Gasteiger partial charge on any atom is -0.393 e. The number of nitrogens with zero attached hydrogens (tertiary/aromatic N) is 2. The minimum absolute atomic E-state index is 0.338. The van der Waals surface area contributed by atoms with Crippen molar-refractivity contribution in [1.29, 1.82) is 0 Å². The zero-order valence-corrected chi connectivity index (χ0v) is 10.6. The van der Waals surface area contributed by atoms with Gasteiger partial charge in [0.15, 0.2) is 11.0 Å². The Hall–Kier alpha value is -1.03. The summed E-state index contributed by atoms with van der Waals surface area (Å²) in [5.41, 5.74) is 6.24. The third kappa shape index (κ3) is 3.52. The summed E-state index contributed by atoms with van der Waals surface area (Å²) in [5.74, 6) is 1.38. The highest BCUT2D eigenvalue weighted by atomic mass is 35.5. The van der Waals surface area contributed by atoms with E-state index in [2.05, 4.69) is 22.2 Å². The molecule has 1 rings (SSSR count). The van der Waals surface area contributed by atoms with Crippen LogP contribution in [-0.4, -0.2) is 16.5 Å². The van der Waals surface area contributed by atoms with E-state index in [-0.39, 0.29) is 0 Å². The molecular weight excluding hydrogens is 224 g/mol. The molecule has 90 valence electrons. The average Bonchev–Trinajstić information content (AvgIpc) is 2.29. The highest BCUT2D eigenvalue weighted by molar-refractivity contribution is 6.32. The molecule has 5 heteroatoms. The van der Waals surface area contributed by atoms with Gasteiger partial charge in [-0.05, 0) is 6.42 Å². The molecule has 0 saturated heterocycles. The van der Waals surface area contributed by atoms with Crippen LogP contribution in [0.15, 0.2) is 0 Å². The Bertz CT molecular complexity index is 341. The molecule has 0 spiro atoms. The van der Waals surface area contributed by atoms with E-state index < -0.39 is 0 Å². The zero-order valence-electron chi connectivity index (χ0n) is 9.89. The number of hydrogen-bond donors (Lipinski definition) is 2. The van der Waals surface area contributed by atoms with Crippen molar-refractivity contribution in [1.82, 2.24) is 9.97 Å². The van der Waals surface area contributed by atoms with Gasteiger partial charge in [-0.15, -0.1) is 0 Å². The van der Waals surface area contributed by atoms with Gasteiger partial charge < -0.3 is 11.1 Å². The minimum atomic E-state index is 0.338. The summed E-state index contributed by atoms with van der Waals surface area (Å²) in [6.45, 7) is 5.03. The molecule has 0 aliphatic rings. The highest BCUT2D eigenvalue weighted by Crippen LogP contribution is 2.23. The van der Waals surface area contributed by atoms with Crippen molar-refractivity contribution in [2.45, 2.75) is 39.5 Å². The van der Waals surface area contributed by atoms with Crippen LogP contribution >= 0.6 is 11.6 Å². The van der Waals surface area contributed by atoms with Crippen LogP contribution in [0, 0.1) is 0 Å². The van der Waals surface area contributed by atoms with Gasteiger partial charge in [0.1, 0.15) is 11.5 Å². The number of aryl methyl sites for hydroxylation is 1. The van der Waals surface area contributed by atoms with Crippen LogP contribution in [0.3, 0.4) is 0 Å².